The van der Waals surface area contributed by atoms with Crippen LogP contribution in [0, 0.1) is 0 Å². The van der Waals surface area contributed by atoms with Gasteiger partial charge in [-0.05, 0) is 18.4 Å². The number of benzene rings is 1. The van der Waals surface area contributed by atoms with Gasteiger partial charge in [-0.15, -0.1) is 16.4 Å². The number of fused-ring (bicyclic) bond motifs is 1. The van der Waals surface area contributed by atoms with Crippen LogP contribution >= 0.6 is 11.3 Å². The first-order chi connectivity index (χ1) is 17.6. The molecule has 1 amide bonds. The first-order valence-electron chi connectivity index (χ1n) is 11.9. The van der Waals surface area contributed by atoms with E-state index in [2.05, 4.69) is 25.0 Å². The molecule has 5 heterocycles. The zero-order chi connectivity index (χ0) is 24.6. The SMILES string of the molecule is Nc1nc(N2CCC[C@H]2C(=O)N2CCN(C(O)c3ccccc3)CC2)nc2nc(-c3nccs3)nn12. The van der Waals surface area contributed by atoms with E-state index in [1.807, 2.05) is 50.4 Å². The number of nitrogens with two attached hydrogens (primary N) is 1. The van der Waals surface area contributed by atoms with E-state index in [4.69, 9.17) is 5.73 Å². The van der Waals surface area contributed by atoms with Gasteiger partial charge in [-0.3, -0.25) is 9.69 Å². The van der Waals surface area contributed by atoms with Crippen molar-refractivity contribution in [3.8, 4) is 10.8 Å². The van der Waals surface area contributed by atoms with Gasteiger partial charge in [0.15, 0.2) is 5.01 Å². The van der Waals surface area contributed by atoms with Crippen molar-refractivity contribution in [2.45, 2.75) is 25.1 Å². The van der Waals surface area contributed by atoms with Gasteiger partial charge >= 0.3 is 0 Å². The number of hydrogen-bond donors (Lipinski definition) is 2. The highest BCUT2D eigenvalue weighted by atomic mass is 32.1. The summed E-state index contributed by atoms with van der Waals surface area (Å²) in [6.07, 6.45) is 2.59. The number of thiazole rings is 1. The lowest BCUT2D eigenvalue weighted by atomic mass is 10.1. The lowest BCUT2D eigenvalue weighted by molar-refractivity contribution is -0.136. The van der Waals surface area contributed by atoms with Gasteiger partial charge in [-0.2, -0.15) is 19.5 Å². The van der Waals surface area contributed by atoms with Crippen molar-refractivity contribution in [3.05, 3.63) is 47.5 Å². The van der Waals surface area contributed by atoms with Gasteiger partial charge in [-0.25, -0.2) is 4.98 Å². The first kappa shape index (κ1) is 22.8. The van der Waals surface area contributed by atoms with Gasteiger partial charge in [-0.1, -0.05) is 30.3 Å². The van der Waals surface area contributed by atoms with E-state index in [1.165, 1.54) is 15.9 Å². The predicted molar refractivity (Wildman–Crippen MR) is 134 cm³/mol. The summed E-state index contributed by atoms with van der Waals surface area (Å²) in [5, 5.41) is 17.6. The molecule has 2 aliphatic rings. The average molecular weight is 507 g/mol. The van der Waals surface area contributed by atoms with Crippen LogP contribution in [0.15, 0.2) is 41.9 Å². The van der Waals surface area contributed by atoms with E-state index >= 15 is 0 Å². The van der Waals surface area contributed by atoms with Crippen molar-refractivity contribution in [2.24, 2.45) is 0 Å². The van der Waals surface area contributed by atoms with Crippen LogP contribution in [-0.2, 0) is 4.79 Å². The Morgan fingerprint density at radius 2 is 1.89 bits per heavy atom. The van der Waals surface area contributed by atoms with E-state index < -0.39 is 6.23 Å². The number of hydrogen-bond acceptors (Lipinski definition) is 11. The standard InChI is InChI=1S/C23H26N10O2S/c24-21-27-22(28-23-26-17(29-33(21)23)18-25-8-14-36-18)32-9-4-7-16(32)20(35)31-12-10-30(11-13-31)19(34)15-5-2-1-3-6-15/h1-3,5-6,8,14,16,19,34H,4,7,9-13H2,(H2,24,26,27,28,29)/t16-,19?/m0/s1. The number of nitrogen functional groups attached to an aromatic ring is 1. The third-order valence-corrected chi connectivity index (χ3v) is 7.48. The minimum Gasteiger partial charge on any atom is -0.374 e. The normalized spacial score (nSPS) is 19.8. The van der Waals surface area contributed by atoms with Crippen LogP contribution in [-0.4, -0.2) is 89.1 Å². The zero-order valence-corrected chi connectivity index (χ0v) is 20.3. The molecular weight excluding hydrogens is 480 g/mol. The van der Waals surface area contributed by atoms with Crippen LogP contribution in [0.5, 0.6) is 0 Å². The fourth-order valence-corrected chi connectivity index (χ4v) is 5.41. The smallest absolute Gasteiger partial charge is 0.259 e. The number of amides is 1. The topological polar surface area (TPSA) is 142 Å². The largest absolute Gasteiger partial charge is 0.374 e. The van der Waals surface area contributed by atoms with Crippen LogP contribution in [0.2, 0.25) is 0 Å². The predicted octanol–water partition coefficient (Wildman–Crippen LogP) is 1.03. The number of aromatic nitrogens is 6. The molecule has 1 unspecified atom stereocenters. The Balaban J connectivity index is 1.17. The number of aliphatic hydroxyl groups is 1. The molecular formula is C23H26N10O2S. The van der Waals surface area contributed by atoms with Gasteiger partial charge in [0.1, 0.15) is 12.3 Å². The molecule has 0 bridgehead atoms. The third-order valence-electron chi connectivity index (χ3n) is 6.71. The number of piperazine rings is 1. The van der Waals surface area contributed by atoms with Crippen molar-refractivity contribution in [3.63, 3.8) is 0 Å². The van der Waals surface area contributed by atoms with Crippen molar-refractivity contribution >= 4 is 34.9 Å². The monoisotopic (exact) mass is 506 g/mol. The van der Waals surface area contributed by atoms with Gasteiger partial charge in [0.2, 0.25) is 23.6 Å². The molecule has 186 valence electrons. The molecule has 2 atom stereocenters. The van der Waals surface area contributed by atoms with Crippen LogP contribution in [0.1, 0.15) is 24.6 Å². The number of anilines is 2. The summed E-state index contributed by atoms with van der Waals surface area (Å²) < 4.78 is 1.39. The molecule has 0 spiro atoms. The average Bonchev–Trinajstić information content (AvgIpc) is 3.69. The van der Waals surface area contributed by atoms with Gasteiger partial charge in [0.25, 0.3) is 5.78 Å². The summed E-state index contributed by atoms with van der Waals surface area (Å²) in [5.41, 5.74) is 7.05. The summed E-state index contributed by atoms with van der Waals surface area (Å²) >= 11 is 1.43. The molecule has 4 aromatic rings. The molecule has 1 aromatic carbocycles. The summed E-state index contributed by atoms with van der Waals surface area (Å²) in [7, 11) is 0. The summed E-state index contributed by atoms with van der Waals surface area (Å²) in [6.45, 7) is 2.96. The molecule has 2 aliphatic heterocycles. The maximum Gasteiger partial charge on any atom is 0.259 e. The van der Waals surface area contributed by atoms with Crippen LogP contribution in [0.4, 0.5) is 11.9 Å². The first-order valence-corrected chi connectivity index (χ1v) is 12.8. The minimum atomic E-state index is -0.674. The Bertz CT molecular complexity index is 1350. The highest BCUT2D eigenvalue weighted by Gasteiger charge is 2.37. The molecule has 13 heteroatoms. The van der Waals surface area contributed by atoms with Crippen LogP contribution in [0.3, 0.4) is 0 Å². The second-order valence-electron chi connectivity index (χ2n) is 8.86. The summed E-state index contributed by atoms with van der Waals surface area (Å²) in [4.78, 5) is 37.1. The highest BCUT2D eigenvalue weighted by Crippen LogP contribution is 2.27. The molecule has 2 saturated heterocycles. The lowest BCUT2D eigenvalue weighted by Gasteiger charge is -2.39. The Morgan fingerprint density at radius 3 is 2.64 bits per heavy atom. The third kappa shape index (κ3) is 4.14. The van der Waals surface area contributed by atoms with E-state index in [0.717, 1.165) is 18.4 Å². The Labute approximate surface area is 211 Å². The molecule has 2 fully saturated rings. The Hall–Kier alpha value is -3.68. The Morgan fingerprint density at radius 1 is 1.08 bits per heavy atom. The quantitative estimate of drug-likeness (QED) is 0.403. The fraction of sp³-hybridized carbons (Fsp3) is 0.391. The van der Waals surface area contributed by atoms with E-state index in [0.29, 0.717) is 55.3 Å². The van der Waals surface area contributed by atoms with Crippen molar-refractivity contribution in [1.29, 1.82) is 0 Å². The molecule has 3 aromatic heterocycles. The molecule has 6 rings (SSSR count). The maximum atomic E-state index is 13.5. The number of nitrogens with zero attached hydrogens (tertiary/aromatic N) is 9. The number of aliphatic hydroxyl groups excluding tert-OH is 1. The second-order valence-corrected chi connectivity index (χ2v) is 9.76. The van der Waals surface area contributed by atoms with Gasteiger partial charge in [0.05, 0.1) is 0 Å². The number of carbonyl (C=O) groups excluding carboxylic acids is 1. The van der Waals surface area contributed by atoms with Crippen molar-refractivity contribution in [2.75, 3.05) is 43.4 Å². The molecule has 3 N–H and O–H groups in total. The molecule has 0 saturated carbocycles. The van der Waals surface area contributed by atoms with E-state index in [1.54, 1.807) is 6.20 Å². The highest BCUT2D eigenvalue weighted by molar-refractivity contribution is 7.13. The van der Waals surface area contributed by atoms with Crippen molar-refractivity contribution < 1.29 is 9.90 Å². The second kappa shape index (κ2) is 9.41. The molecule has 0 aliphatic carbocycles. The van der Waals surface area contributed by atoms with Gasteiger partial charge < -0.3 is 20.6 Å². The molecule has 36 heavy (non-hydrogen) atoms. The van der Waals surface area contributed by atoms with Crippen LogP contribution in [0.25, 0.3) is 16.6 Å². The lowest BCUT2D eigenvalue weighted by Crippen LogP contribution is -2.54. The van der Waals surface area contributed by atoms with E-state index in [9.17, 15) is 9.90 Å². The maximum absolute atomic E-state index is 13.5. The summed E-state index contributed by atoms with van der Waals surface area (Å²) in [5.74, 6) is 1.35. The minimum absolute atomic E-state index is 0.0494. The van der Waals surface area contributed by atoms with Crippen molar-refractivity contribution in [1.82, 2.24) is 39.3 Å². The summed E-state index contributed by atoms with van der Waals surface area (Å²) in [6, 6.07) is 9.22. The Kier molecular flexibility index (Phi) is 5.95. The van der Waals surface area contributed by atoms with Crippen LogP contribution < -0.4 is 10.6 Å². The number of carbonyl (C=O) groups is 1. The van der Waals surface area contributed by atoms with Gasteiger partial charge in [0, 0.05) is 44.3 Å². The van der Waals surface area contributed by atoms with E-state index in [-0.39, 0.29) is 17.9 Å². The molecule has 12 nitrogen and oxygen atoms in total. The molecule has 0 radical (unpaired) electrons. The fourth-order valence-electron chi connectivity index (χ4n) is 4.84. The number of rotatable bonds is 5. The zero-order valence-electron chi connectivity index (χ0n) is 19.5.